The molecule has 2 aromatic heterocycles. The number of rotatable bonds is 2. The first kappa shape index (κ1) is 12.6. The molecule has 0 aliphatic rings. The minimum Gasteiger partial charge on any atom is -0.294 e. The molecular weight excluding hydrogens is 270 g/mol. The molecule has 0 aliphatic carbocycles. The van der Waals surface area contributed by atoms with E-state index in [1.807, 2.05) is 24.4 Å². The second-order valence-electron chi connectivity index (χ2n) is 4.59. The number of aryl methyl sites for hydroxylation is 1. The number of thiophene rings is 1. The van der Waals surface area contributed by atoms with Crippen molar-refractivity contribution in [3.05, 3.63) is 63.0 Å². The van der Waals surface area contributed by atoms with Crippen molar-refractivity contribution in [3.8, 4) is 6.07 Å². The Morgan fingerprint density at radius 3 is 3.10 bits per heavy atom. The molecule has 0 bridgehead atoms. The van der Waals surface area contributed by atoms with Crippen molar-refractivity contribution in [3.63, 3.8) is 0 Å². The summed E-state index contributed by atoms with van der Waals surface area (Å²) in [6, 6.07) is 9.35. The summed E-state index contributed by atoms with van der Waals surface area (Å²) in [5.74, 6) is 0. The Morgan fingerprint density at radius 2 is 2.30 bits per heavy atom. The Hall–Kier alpha value is -2.45. The Labute approximate surface area is 119 Å². The monoisotopic (exact) mass is 281 g/mol. The quantitative estimate of drug-likeness (QED) is 0.725. The molecule has 0 unspecified atom stereocenters. The van der Waals surface area contributed by atoms with Gasteiger partial charge in [0, 0.05) is 0 Å². The predicted octanol–water partition coefficient (Wildman–Crippen LogP) is 2.69. The van der Waals surface area contributed by atoms with Gasteiger partial charge in [-0.2, -0.15) is 5.26 Å². The summed E-state index contributed by atoms with van der Waals surface area (Å²) in [4.78, 5) is 16.7. The third-order valence-electron chi connectivity index (χ3n) is 3.13. The van der Waals surface area contributed by atoms with Crippen LogP contribution in [0, 0.1) is 18.3 Å². The summed E-state index contributed by atoms with van der Waals surface area (Å²) in [6.07, 6.45) is 1.57. The summed E-state index contributed by atoms with van der Waals surface area (Å²) in [7, 11) is 0. The van der Waals surface area contributed by atoms with E-state index in [0.717, 1.165) is 16.6 Å². The highest BCUT2D eigenvalue weighted by Crippen LogP contribution is 2.19. The number of fused-ring (bicyclic) bond motifs is 1. The highest BCUT2D eigenvalue weighted by molar-refractivity contribution is 7.17. The third kappa shape index (κ3) is 2.10. The van der Waals surface area contributed by atoms with Gasteiger partial charge in [-0.25, -0.2) is 4.98 Å². The van der Waals surface area contributed by atoms with Gasteiger partial charge in [-0.15, -0.1) is 11.3 Å². The Kier molecular flexibility index (Phi) is 3.09. The standard InChI is InChI=1S/C15H11N3OS/c1-10-8-20-14-13(10)17-9-18(15(14)19)7-12-4-2-3-11(5-12)6-16/h2-5,8-9H,7H2,1H3. The molecule has 0 N–H and O–H groups in total. The minimum absolute atomic E-state index is 0.0320. The van der Waals surface area contributed by atoms with Crippen LogP contribution in [0.2, 0.25) is 0 Å². The van der Waals surface area contributed by atoms with Crippen molar-refractivity contribution < 1.29 is 0 Å². The molecule has 0 atom stereocenters. The fraction of sp³-hybridized carbons (Fsp3) is 0.133. The van der Waals surface area contributed by atoms with Crippen LogP contribution in [0.25, 0.3) is 10.2 Å². The number of nitrogens with zero attached hydrogens (tertiary/aromatic N) is 3. The minimum atomic E-state index is -0.0320. The summed E-state index contributed by atoms with van der Waals surface area (Å²) in [6.45, 7) is 2.38. The molecule has 0 saturated carbocycles. The molecule has 0 amide bonds. The molecule has 20 heavy (non-hydrogen) atoms. The molecule has 0 radical (unpaired) electrons. The first-order valence-electron chi connectivity index (χ1n) is 6.11. The van der Waals surface area contributed by atoms with Crippen LogP contribution in [0.15, 0.2) is 40.8 Å². The average Bonchev–Trinajstić information content (AvgIpc) is 2.84. The van der Waals surface area contributed by atoms with E-state index < -0.39 is 0 Å². The number of benzene rings is 1. The number of hydrogen-bond acceptors (Lipinski definition) is 4. The molecule has 3 aromatic rings. The van der Waals surface area contributed by atoms with Gasteiger partial charge < -0.3 is 0 Å². The SMILES string of the molecule is Cc1csc2c(=O)n(Cc3cccc(C#N)c3)cnc12. The normalized spacial score (nSPS) is 10.6. The molecule has 98 valence electrons. The average molecular weight is 281 g/mol. The van der Waals surface area contributed by atoms with Gasteiger partial charge in [-0.1, -0.05) is 12.1 Å². The molecule has 3 rings (SSSR count). The van der Waals surface area contributed by atoms with Gasteiger partial charge in [0.25, 0.3) is 5.56 Å². The predicted molar refractivity (Wildman–Crippen MR) is 78.9 cm³/mol. The maximum Gasteiger partial charge on any atom is 0.271 e. The van der Waals surface area contributed by atoms with Crippen molar-refractivity contribution in [2.45, 2.75) is 13.5 Å². The highest BCUT2D eigenvalue weighted by atomic mass is 32.1. The second-order valence-corrected chi connectivity index (χ2v) is 5.47. The van der Waals surface area contributed by atoms with Gasteiger partial charge in [0.2, 0.25) is 0 Å². The van der Waals surface area contributed by atoms with Gasteiger partial charge in [0.05, 0.1) is 30.0 Å². The van der Waals surface area contributed by atoms with Crippen molar-refractivity contribution in [2.75, 3.05) is 0 Å². The molecule has 0 spiro atoms. The molecule has 1 aromatic carbocycles. The summed E-state index contributed by atoms with van der Waals surface area (Å²) < 4.78 is 2.26. The zero-order valence-electron chi connectivity index (χ0n) is 10.8. The maximum atomic E-state index is 12.4. The van der Waals surface area contributed by atoms with Gasteiger partial charge in [-0.05, 0) is 35.6 Å². The van der Waals surface area contributed by atoms with E-state index in [1.165, 1.54) is 11.3 Å². The van der Waals surface area contributed by atoms with Crippen molar-refractivity contribution in [2.24, 2.45) is 0 Å². The van der Waals surface area contributed by atoms with E-state index in [9.17, 15) is 4.79 Å². The number of hydrogen-bond donors (Lipinski definition) is 0. The summed E-state index contributed by atoms with van der Waals surface area (Å²) >= 11 is 1.42. The Bertz CT molecular complexity index is 886. The number of nitriles is 1. The molecule has 0 aliphatic heterocycles. The van der Waals surface area contributed by atoms with Crippen molar-refractivity contribution >= 4 is 21.6 Å². The number of aromatic nitrogens is 2. The second kappa shape index (κ2) is 4.91. The zero-order chi connectivity index (χ0) is 14.1. The van der Waals surface area contributed by atoms with Gasteiger partial charge in [0.15, 0.2) is 0 Å². The van der Waals surface area contributed by atoms with Crippen LogP contribution < -0.4 is 5.56 Å². The van der Waals surface area contributed by atoms with Crippen LogP contribution in [-0.2, 0) is 6.54 Å². The fourth-order valence-electron chi connectivity index (χ4n) is 2.11. The van der Waals surface area contributed by atoms with Crippen molar-refractivity contribution in [1.82, 2.24) is 9.55 Å². The fourth-order valence-corrected chi connectivity index (χ4v) is 3.06. The lowest BCUT2D eigenvalue weighted by Crippen LogP contribution is -2.20. The molecular formula is C15H11N3OS. The summed E-state index contributed by atoms with van der Waals surface area (Å²) in [5.41, 5.74) is 3.29. The van der Waals surface area contributed by atoms with Crippen LogP contribution in [0.5, 0.6) is 0 Å². The van der Waals surface area contributed by atoms with Crippen LogP contribution >= 0.6 is 11.3 Å². The van der Waals surface area contributed by atoms with Crippen LogP contribution in [0.4, 0.5) is 0 Å². The van der Waals surface area contributed by atoms with E-state index >= 15 is 0 Å². The highest BCUT2D eigenvalue weighted by Gasteiger charge is 2.08. The van der Waals surface area contributed by atoms with E-state index in [-0.39, 0.29) is 5.56 Å². The largest absolute Gasteiger partial charge is 0.294 e. The zero-order valence-corrected chi connectivity index (χ0v) is 11.6. The van der Waals surface area contributed by atoms with E-state index in [4.69, 9.17) is 5.26 Å². The van der Waals surface area contributed by atoms with E-state index in [2.05, 4.69) is 11.1 Å². The van der Waals surface area contributed by atoms with E-state index in [1.54, 1.807) is 23.0 Å². The Balaban J connectivity index is 2.05. The molecule has 5 heteroatoms. The molecule has 4 nitrogen and oxygen atoms in total. The lowest BCUT2D eigenvalue weighted by atomic mass is 10.1. The Morgan fingerprint density at radius 1 is 1.45 bits per heavy atom. The van der Waals surface area contributed by atoms with Gasteiger partial charge >= 0.3 is 0 Å². The van der Waals surface area contributed by atoms with Crippen LogP contribution in [-0.4, -0.2) is 9.55 Å². The lowest BCUT2D eigenvalue weighted by Gasteiger charge is -2.05. The van der Waals surface area contributed by atoms with Gasteiger partial charge in [0.1, 0.15) is 4.70 Å². The first-order valence-corrected chi connectivity index (χ1v) is 6.99. The van der Waals surface area contributed by atoms with Crippen molar-refractivity contribution in [1.29, 1.82) is 5.26 Å². The third-order valence-corrected chi connectivity index (χ3v) is 4.21. The van der Waals surface area contributed by atoms with E-state index in [0.29, 0.717) is 16.8 Å². The smallest absolute Gasteiger partial charge is 0.271 e. The molecule has 0 fully saturated rings. The van der Waals surface area contributed by atoms with Gasteiger partial charge in [-0.3, -0.25) is 9.36 Å². The molecule has 2 heterocycles. The van der Waals surface area contributed by atoms with Crippen LogP contribution in [0.1, 0.15) is 16.7 Å². The van der Waals surface area contributed by atoms with Crippen LogP contribution in [0.3, 0.4) is 0 Å². The topological polar surface area (TPSA) is 58.7 Å². The first-order chi connectivity index (χ1) is 9.69. The maximum absolute atomic E-state index is 12.4. The lowest BCUT2D eigenvalue weighted by molar-refractivity contribution is 0.749. The summed E-state index contributed by atoms with van der Waals surface area (Å²) in [5, 5.41) is 10.8. The molecule has 0 saturated heterocycles.